The minimum atomic E-state index is -1.41. The van der Waals surface area contributed by atoms with Crippen LogP contribution < -0.4 is 10.6 Å². The van der Waals surface area contributed by atoms with Crippen molar-refractivity contribution in [2.45, 2.75) is 69.7 Å². The van der Waals surface area contributed by atoms with Crippen LogP contribution in [-0.4, -0.2) is 77.7 Å². The van der Waals surface area contributed by atoms with Crippen LogP contribution >= 0.6 is 0 Å². The highest BCUT2D eigenvalue weighted by Gasteiger charge is 2.47. The number of rotatable bonds is 5. The molecular formula is C21H28N6O5. The molecule has 1 amide bonds. The fraction of sp³-hybridized carbons (Fsp3) is 0.619. The van der Waals surface area contributed by atoms with E-state index in [0.29, 0.717) is 42.9 Å². The van der Waals surface area contributed by atoms with Crippen molar-refractivity contribution in [3.63, 3.8) is 0 Å². The van der Waals surface area contributed by atoms with Gasteiger partial charge in [-0.1, -0.05) is 5.92 Å². The topological polar surface area (TPSA) is 155 Å². The Kier molecular flexibility index (Phi) is 6.30. The smallest absolute Gasteiger partial charge is 0.252 e. The molecule has 2 aromatic rings. The maximum Gasteiger partial charge on any atom is 0.252 e. The fourth-order valence-electron chi connectivity index (χ4n) is 4.09. The molecule has 0 bridgehead atoms. The van der Waals surface area contributed by atoms with E-state index in [9.17, 15) is 20.1 Å². The summed E-state index contributed by atoms with van der Waals surface area (Å²) in [6.07, 6.45) is -0.587. The first kappa shape index (κ1) is 22.4. The zero-order valence-electron chi connectivity index (χ0n) is 18.1. The highest BCUT2D eigenvalue weighted by atomic mass is 16.6. The molecule has 0 aromatic carbocycles. The van der Waals surface area contributed by atoms with Gasteiger partial charge in [0.25, 0.3) is 5.91 Å². The lowest BCUT2D eigenvalue weighted by atomic mass is 10.0. The summed E-state index contributed by atoms with van der Waals surface area (Å²) in [4.78, 5) is 25.4. The molecule has 4 atom stereocenters. The van der Waals surface area contributed by atoms with Gasteiger partial charge in [-0.2, -0.15) is 0 Å². The van der Waals surface area contributed by atoms with E-state index < -0.39 is 36.0 Å². The number of carbonyl (C=O) groups excluding carboxylic acids is 1. The zero-order valence-corrected chi connectivity index (χ0v) is 18.1. The van der Waals surface area contributed by atoms with E-state index in [1.807, 2.05) is 6.92 Å². The van der Waals surface area contributed by atoms with Crippen molar-refractivity contribution < 1.29 is 24.9 Å². The third-order valence-electron chi connectivity index (χ3n) is 5.73. The van der Waals surface area contributed by atoms with E-state index in [1.54, 1.807) is 6.92 Å². The molecule has 32 heavy (non-hydrogen) atoms. The van der Waals surface area contributed by atoms with Gasteiger partial charge in [-0.05, 0) is 45.5 Å². The number of carbonyl (C=O) groups is 1. The summed E-state index contributed by atoms with van der Waals surface area (Å²) in [7, 11) is 0. The molecule has 0 unspecified atom stereocenters. The number of aliphatic hydroxyl groups excluding tert-OH is 2. The molecule has 2 aromatic heterocycles. The van der Waals surface area contributed by atoms with Crippen LogP contribution in [0.25, 0.3) is 11.2 Å². The van der Waals surface area contributed by atoms with E-state index in [2.05, 4.69) is 37.4 Å². The van der Waals surface area contributed by atoms with E-state index in [4.69, 9.17) is 4.74 Å². The molecule has 11 heteroatoms. The number of nitrogens with zero attached hydrogens (tertiary/aromatic N) is 4. The first-order valence-electron chi connectivity index (χ1n) is 10.9. The van der Waals surface area contributed by atoms with Gasteiger partial charge in [-0.15, -0.1) is 0 Å². The summed E-state index contributed by atoms with van der Waals surface area (Å²) >= 11 is 0. The van der Waals surface area contributed by atoms with Crippen molar-refractivity contribution in [3.05, 3.63) is 12.2 Å². The Morgan fingerprint density at radius 2 is 2.00 bits per heavy atom. The highest BCUT2D eigenvalue weighted by molar-refractivity contribution is 5.84. The minimum Gasteiger partial charge on any atom is -0.387 e. The molecule has 2 aliphatic rings. The highest BCUT2D eigenvalue weighted by Crippen LogP contribution is 2.33. The number of aliphatic hydroxyl groups is 3. The predicted octanol–water partition coefficient (Wildman–Crippen LogP) is -0.330. The number of amides is 1. The van der Waals surface area contributed by atoms with E-state index >= 15 is 0 Å². The summed E-state index contributed by atoms with van der Waals surface area (Å²) in [5.41, 5.74) is -0.277. The Labute approximate surface area is 185 Å². The first-order chi connectivity index (χ1) is 15.4. The van der Waals surface area contributed by atoms with E-state index in [0.717, 1.165) is 12.8 Å². The first-order valence-corrected chi connectivity index (χ1v) is 10.9. The van der Waals surface area contributed by atoms with Crippen molar-refractivity contribution in [1.29, 1.82) is 0 Å². The van der Waals surface area contributed by atoms with Crippen LogP contribution in [-0.2, 0) is 9.53 Å². The van der Waals surface area contributed by atoms with Gasteiger partial charge in [-0.25, -0.2) is 15.0 Å². The monoisotopic (exact) mass is 444 g/mol. The molecule has 0 radical (unpaired) electrons. The maximum absolute atomic E-state index is 12.2. The number of ether oxygens (including phenoxy) is 1. The molecule has 2 fully saturated rings. The van der Waals surface area contributed by atoms with Crippen LogP contribution in [0.5, 0.6) is 0 Å². The standard InChI is InChI=1S/C21H28N6O5/c1-3-22-17-13-18(26-12(25-17)7-10-21(31)8-5-6-9-21)27(11-24-13)20-15(29)14(28)16(32-20)19(30)23-4-2/h11,14-16,20,28-29,31H,3-6,8-9H2,1-2H3,(H,23,30)(H,22,25,26)/t14-,15+,16-,20+/m0/s1. The lowest BCUT2D eigenvalue weighted by Crippen LogP contribution is -2.42. The van der Waals surface area contributed by atoms with Crippen molar-refractivity contribution in [3.8, 4) is 11.8 Å². The van der Waals surface area contributed by atoms with Gasteiger partial charge < -0.3 is 30.7 Å². The molecule has 3 heterocycles. The summed E-state index contributed by atoms with van der Waals surface area (Å²) < 4.78 is 7.16. The van der Waals surface area contributed by atoms with Crippen LogP contribution in [0.1, 0.15) is 51.6 Å². The number of hydrogen-bond donors (Lipinski definition) is 5. The predicted molar refractivity (Wildman–Crippen MR) is 114 cm³/mol. The minimum absolute atomic E-state index is 0.184. The summed E-state index contributed by atoms with van der Waals surface area (Å²) in [5.74, 6) is 5.89. The quantitative estimate of drug-likeness (QED) is 0.390. The molecule has 1 aliphatic heterocycles. The largest absolute Gasteiger partial charge is 0.387 e. The SMILES string of the molecule is CCNC(=O)[C@H]1O[C@@H](n2cnc3c(NCC)nc(C#CC4(O)CCCC4)nc32)[C@H](O)[C@@H]1O. The number of anilines is 1. The van der Waals surface area contributed by atoms with Gasteiger partial charge in [-0.3, -0.25) is 9.36 Å². The zero-order chi connectivity index (χ0) is 22.9. The third-order valence-corrected chi connectivity index (χ3v) is 5.73. The number of aromatic nitrogens is 4. The van der Waals surface area contributed by atoms with Crippen LogP contribution in [0.15, 0.2) is 6.33 Å². The average molecular weight is 444 g/mol. The van der Waals surface area contributed by atoms with Gasteiger partial charge in [0.05, 0.1) is 6.33 Å². The van der Waals surface area contributed by atoms with E-state index in [1.165, 1.54) is 10.9 Å². The molecule has 4 rings (SSSR count). The molecule has 1 saturated heterocycles. The Morgan fingerprint density at radius 1 is 1.25 bits per heavy atom. The Balaban J connectivity index is 1.72. The number of imidazole rings is 1. The Morgan fingerprint density at radius 3 is 2.69 bits per heavy atom. The average Bonchev–Trinajstić information content (AvgIpc) is 3.46. The fourth-order valence-corrected chi connectivity index (χ4v) is 4.09. The number of nitrogens with one attached hydrogen (secondary N) is 2. The van der Waals surface area contributed by atoms with Crippen molar-refractivity contribution in [2.24, 2.45) is 0 Å². The van der Waals surface area contributed by atoms with Crippen LogP contribution in [0.2, 0.25) is 0 Å². The van der Waals surface area contributed by atoms with E-state index in [-0.39, 0.29) is 5.82 Å². The van der Waals surface area contributed by atoms with Gasteiger partial charge in [0.15, 0.2) is 29.3 Å². The lowest BCUT2D eigenvalue weighted by molar-refractivity contribution is -0.137. The molecule has 0 spiro atoms. The van der Waals surface area contributed by atoms with Crippen molar-refractivity contribution in [1.82, 2.24) is 24.8 Å². The Hall–Kier alpha value is -2.78. The number of likely N-dealkylation sites (N-methyl/N-ethyl adjacent to an activating group) is 1. The van der Waals surface area contributed by atoms with Crippen LogP contribution in [0.3, 0.4) is 0 Å². The number of hydrogen-bond acceptors (Lipinski definition) is 9. The molecule has 1 aliphatic carbocycles. The molecule has 1 saturated carbocycles. The molecule has 172 valence electrons. The Bertz CT molecular complexity index is 1050. The van der Waals surface area contributed by atoms with Gasteiger partial charge in [0, 0.05) is 13.1 Å². The number of fused-ring (bicyclic) bond motifs is 1. The van der Waals surface area contributed by atoms with Gasteiger partial charge in [0.1, 0.15) is 17.8 Å². The molecule has 11 nitrogen and oxygen atoms in total. The maximum atomic E-state index is 12.2. The molecule has 5 N–H and O–H groups in total. The second-order valence-corrected chi connectivity index (χ2v) is 8.06. The summed E-state index contributed by atoms with van der Waals surface area (Å²) in [6.45, 7) is 4.61. The van der Waals surface area contributed by atoms with Gasteiger partial charge >= 0.3 is 0 Å². The summed E-state index contributed by atoms with van der Waals surface area (Å²) in [5, 5.41) is 37.2. The normalized spacial score (nSPS) is 26.7. The lowest BCUT2D eigenvalue weighted by Gasteiger charge is -2.16. The van der Waals surface area contributed by atoms with Crippen LogP contribution in [0.4, 0.5) is 5.82 Å². The van der Waals surface area contributed by atoms with Crippen LogP contribution in [0, 0.1) is 11.8 Å². The van der Waals surface area contributed by atoms with Gasteiger partial charge in [0.2, 0.25) is 5.82 Å². The third kappa shape index (κ3) is 4.14. The second-order valence-electron chi connectivity index (χ2n) is 8.06. The summed E-state index contributed by atoms with van der Waals surface area (Å²) in [6, 6.07) is 0. The van der Waals surface area contributed by atoms with Crippen molar-refractivity contribution >= 4 is 22.9 Å². The second kappa shape index (κ2) is 8.99. The molecular weight excluding hydrogens is 416 g/mol. The van der Waals surface area contributed by atoms with Crippen molar-refractivity contribution in [2.75, 3.05) is 18.4 Å².